The largest absolute Gasteiger partial charge is 0.409 e. The van der Waals surface area contributed by atoms with Gasteiger partial charge in [0, 0.05) is 12.6 Å². The Labute approximate surface area is 121 Å². The Morgan fingerprint density at radius 3 is 2.50 bits per heavy atom. The van der Waals surface area contributed by atoms with Crippen molar-refractivity contribution < 1.29 is 10.0 Å². The highest BCUT2D eigenvalue weighted by Gasteiger charge is 2.47. The number of piperidine rings is 1. The molecule has 1 saturated heterocycles. The van der Waals surface area contributed by atoms with E-state index < -0.39 is 5.41 Å². The molecule has 5 nitrogen and oxygen atoms in total. The van der Waals surface area contributed by atoms with Gasteiger partial charge in [0.2, 0.25) is 5.91 Å². The summed E-state index contributed by atoms with van der Waals surface area (Å²) < 4.78 is 0. The molecule has 3 N–H and O–H groups in total. The summed E-state index contributed by atoms with van der Waals surface area (Å²) in [6, 6.07) is 0.247. The molecule has 2 unspecified atom stereocenters. The van der Waals surface area contributed by atoms with Crippen molar-refractivity contribution in [1.82, 2.24) is 4.90 Å². The molecule has 2 aliphatic rings. The second-order valence-electron chi connectivity index (χ2n) is 6.61. The third-order valence-electron chi connectivity index (χ3n) is 5.11. The van der Waals surface area contributed by atoms with Gasteiger partial charge in [-0.1, -0.05) is 31.3 Å². The fourth-order valence-corrected chi connectivity index (χ4v) is 3.81. The molecule has 1 aliphatic heterocycles. The lowest BCUT2D eigenvalue weighted by atomic mass is 9.71. The van der Waals surface area contributed by atoms with Gasteiger partial charge in [0.1, 0.15) is 5.41 Å². The predicted octanol–water partition coefficient (Wildman–Crippen LogP) is 2.33. The van der Waals surface area contributed by atoms with Crippen LogP contribution >= 0.6 is 0 Å². The smallest absolute Gasteiger partial charge is 0.236 e. The van der Waals surface area contributed by atoms with Crippen LogP contribution in [-0.2, 0) is 4.79 Å². The molecule has 20 heavy (non-hydrogen) atoms. The maximum absolute atomic E-state index is 13.0. The monoisotopic (exact) mass is 281 g/mol. The van der Waals surface area contributed by atoms with Crippen LogP contribution in [0.2, 0.25) is 0 Å². The molecule has 0 spiro atoms. The molecular formula is C15H27N3O2. The molecule has 1 heterocycles. The second-order valence-corrected chi connectivity index (χ2v) is 6.61. The summed E-state index contributed by atoms with van der Waals surface area (Å²) in [6.07, 6.45) is 6.57. The van der Waals surface area contributed by atoms with Crippen molar-refractivity contribution in [3.8, 4) is 0 Å². The lowest BCUT2D eigenvalue weighted by molar-refractivity contribution is -0.144. The van der Waals surface area contributed by atoms with Crippen LogP contribution in [0, 0.1) is 11.3 Å². The van der Waals surface area contributed by atoms with Crippen molar-refractivity contribution in [2.45, 2.75) is 64.8 Å². The van der Waals surface area contributed by atoms with Gasteiger partial charge < -0.3 is 15.8 Å². The quantitative estimate of drug-likeness (QED) is 0.353. The van der Waals surface area contributed by atoms with Crippen molar-refractivity contribution in [3.05, 3.63) is 0 Å². The first kappa shape index (κ1) is 15.1. The van der Waals surface area contributed by atoms with E-state index in [0.717, 1.165) is 38.6 Å². The van der Waals surface area contributed by atoms with Gasteiger partial charge in [0.15, 0.2) is 5.84 Å². The average molecular weight is 281 g/mol. The van der Waals surface area contributed by atoms with Gasteiger partial charge in [-0.05, 0) is 38.5 Å². The van der Waals surface area contributed by atoms with E-state index in [4.69, 9.17) is 10.9 Å². The molecule has 114 valence electrons. The van der Waals surface area contributed by atoms with Gasteiger partial charge in [-0.3, -0.25) is 4.79 Å². The maximum Gasteiger partial charge on any atom is 0.236 e. The Hall–Kier alpha value is -1.26. The number of nitrogens with zero attached hydrogens (tertiary/aromatic N) is 2. The number of carbonyl (C=O) groups excluding carboxylic acids is 1. The van der Waals surface area contributed by atoms with Crippen molar-refractivity contribution in [2.75, 3.05) is 6.54 Å². The van der Waals surface area contributed by atoms with E-state index in [9.17, 15) is 4.79 Å². The molecule has 5 heteroatoms. The number of rotatable bonds is 2. The minimum atomic E-state index is -0.762. The predicted molar refractivity (Wildman–Crippen MR) is 78.5 cm³/mol. The van der Waals surface area contributed by atoms with Crippen LogP contribution < -0.4 is 5.73 Å². The third-order valence-corrected chi connectivity index (χ3v) is 5.11. The summed E-state index contributed by atoms with van der Waals surface area (Å²) in [6.45, 7) is 5.14. The molecule has 1 saturated carbocycles. The first-order valence-electron chi connectivity index (χ1n) is 7.80. The van der Waals surface area contributed by atoms with Gasteiger partial charge in [0.05, 0.1) is 0 Å². The zero-order chi connectivity index (χ0) is 14.8. The SMILES string of the molecule is CC1CCN(C(=O)C2(C(N)=NO)CCCCC2)C(C)C1. The molecule has 0 bridgehead atoms. The average Bonchev–Trinajstić information content (AvgIpc) is 2.46. The first-order chi connectivity index (χ1) is 9.51. The maximum atomic E-state index is 13.0. The number of oxime groups is 1. The summed E-state index contributed by atoms with van der Waals surface area (Å²) >= 11 is 0. The summed E-state index contributed by atoms with van der Waals surface area (Å²) in [7, 11) is 0. The van der Waals surface area contributed by atoms with E-state index in [1.165, 1.54) is 0 Å². The van der Waals surface area contributed by atoms with Crippen molar-refractivity contribution in [2.24, 2.45) is 22.2 Å². The van der Waals surface area contributed by atoms with Gasteiger partial charge >= 0.3 is 0 Å². The number of hydrogen-bond acceptors (Lipinski definition) is 3. The van der Waals surface area contributed by atoms with Crippen molar-refractivity contribution >= 4 is 11.7 Å². The van der Waals surface area contributed by atoms with Crippen LogP contribution in [0.25, 0.3) is 0 Å². The number of likely N-dealkylation sites (tertiary alicyclic amines) is 1. The van der Waals surface area contributed by atoms with E-state index in [0.29, 0.717) is 18.8 Å². The van der Waals surface area contributed by atoms with Crippen LogP contribution in [0.4, 0.5) is 0 Å². The number of amides is 1. The second kappa shape index (κ2) is 6.02. The van der Waals surface area contributed by atoms with Crippen LogP contribution in [0.1, 0.15) is 58.8 Å². The molecule has 0 aromatic heterocycles. The lowest BCUT2D eigenvalue weighted by Crippen LogP contribution is -2.56. The highest BCUT2D eigenvalue weighted by molar-refractivity contribution is 6.06. The highest BCUT2D eigenvalue weighted by Crippen LogP contribution is 2.40. The van der Waals surface area contributed by atoms with E-state index in [1.54, 1.807) is 0 Å². The van der Waals surface area contributed by atoms with E-state index in [-0.39, 0.29) is 17.8 Å². The van der Waals surface area contributed by atoms with Crippen molar-refractivity contribution in [3.63, 3.8) is 0 Å². The molecular weight excluding hydrogens is 254 g/mol. The number of nitrogens with two attached hydrogens (primary N) is 1. The Morgan fingerprint density at radius 2 is 1.95 bits per heavy atom. The summed E-state index contributed by atoms with van der Waals surface area (Å²) in [5.41, 5.74) is 5.15. The standard InChI is InChI=1S/C15H27N3O2/c1-11-6-9-18(12(2)10-11)14(19)15(13(16)17-20)7-4-3-5-8-15/h11-12,20H,3-10H2,1-2H3,(H2,16,17). The summed E-state index contributed by atoms with van der Waals surface area (Å²) in [4.78, 5) is 15.0. The number of hydrogen-bond donors (Lipinski definition) is 2. The Balaban J connectivity index is 2.23. The molecule has 1 amide bonds. The Bertz CT molecular complexity index is 389. The van der Waals surface area contributed by atoms with Gasteiger partial charge in [-0.25, -0.2) is 0 Å². The van der Waals surface area contributed by atoms with Gasteiger partial charge in [-0.2, -0.15) is 0 Å². The highest BCUT2D eigenvalue weighted by atomic mass is 16.4. The van der Waals surface area contributed by atoms with Crippen LogP contribution in [0.15, 0.2) is 5.16 Å². The van der Waals surface area contributed by atoms with E-state index in [2.05, 4.69) is 19.0 Å². The van der Waals surface area contributed by atoms with Gasteiger partial charge in [-0.15, -0.1) is 0 Å². The Morgan fingerprint density at radius 1 is 1.30 bits per heavy atom. The molecule has 2 rings (SSSR count). The van der Waals surface area contributed by atoms with Gasteiger partial charge in [0.25, 0.3) is 0 Å². The van der Waals surface area contributed by atoms with Crippen LogP contribution in [-0.4, -0.2) is 34.4 Å². The molecule has 0 aromatic carbocycles. The Kier molecular flexibility index (Phi) is 4.55. The summed E-state index contributed by atoms with van der Waals surface area (Å²) in [5, 5.41) is 12.3. The summed E-state index contributed by atoms with van der Waals surface area (Å²) in [5.74, 6) is 0.847. The number of amidine groups is 1. The zero-order valence-corrected chi connectivity index (χ0v) is 12.6. The normalized spacial score (nSPS) is 31.1. The lowest BCUT2D eigenvalue weighted by Gasteiger charge is -2.44. The minimum Gasteiger partial charge on any atom is -0.409 e. The molecule has 2 fully saturated rings. The van der Waals surface area contributed by atoms with Crippen LogP contribution in [0.3, 0.4) is 0 Å². The van der Waals surface area contributed by atoms with Crippen molar-refractivity contribution in [1.29, 1.82) is 0 Å². The first-order valence-corrected chi connectivity index (χ1v) is 7.80. The third kappa shape index (κ3) is 2.63. The molecule has 0 radical (unpaired) electrons. The fourth-order valence-electron chi connectivity index (χ4n) is 3.81. The van der Waals surface area contributed by atoms with E-state index >= 15 is 0 Å². The number of carbonyl (C=O) groups is 1. The molecule has 2 atom stereocenters. The minimum absolute atomic E-state index is 0.0758. The fraction of sp³-hybridized carbons (Fsp3) is 0.867. The topological polar surface area (TPSA) is 78.9 Å². The zero-order valence-electron chi connectivity index (χ0n) is 12.6. The van der Waals surface area contributed by atoms with E-state index in [1.807, 2.05) is 4.90 Å². The molecule has 1 aliphatic carbocycles. The van der Waals surface area contributed by atoms with Crippen LogP contribution in [0.5, 0.6) is 0 Å². The molecule has 0 aromatic rings.